The number of aliphatic hydroxyl groups is 1. The Balaban J connectivity index is 1.47. The molecule has 0 radical (unpaired) electrons. The molecule has 4 amide bonds. The number of nitro benzene ring substituents is 1. The van der Waals surface area contributed by atoms with Crippen LogP contribution in [0, 0.1) is 22.0 Å². The number of ether oxygens (including phenoxy) is 4. The van der Waals surface area contributed by atoms with Gasteiger partial charge in [-0.15, -0.1) is 11.8 Å². The summed E-state index contributed by atoms with van der Waals surface area (Å²) < 4.78 is 22.3. The molecule has 2 saturated heterocycles. The summed E-state index contributed by atoms with van der Waals surface area (Å²) in [4.78, 5) is 84.0. The number of nitrogens with zero attached hydrogens (tertiary/aromatic N) is 4. The van der Waals surface area contributed by atoms with Gasteiger partial charge in [0, 0.05) is 34.8 Å². The number of nitro groups is 1. The van der Waals surface area contributed by atoms with Crippen molar-refractivity contribution in [2.75, 3.05) is 13.7 Å². The number of esters is 1. The van der Waals surface area contributed by atoms with Crippen molar-refractivity contribution in [1.29, 1.82) is 0 Å². The fraction of sp³-hybridized carbons (Fsp3) is 0.525. The summed E-state index contributed by atoms with van der Waals surface area (Å²) in [5, 5.41) is 21.1. The molecule has 6 atom stereocenters. The van der Waals surface area contributed by atoms with E-state index >= 15 is 0 Å². The lowest BCUT2D eigenvalue weighted by molar-refractivity contribution is -0.384. The minimum atomic E-state index is -1.18. The van der Waals surface area contributed by atoms with Crippen LogP contribution in [0.25, 0.3) is 0 Å². The highest BCUT2D eigenvalue weighted by Gasteiger charge is 2.61. The predicted octanol–water partition coefficient (Wildman–Crippen LogP) is 5.79. The van der Waals surface area contributed by atoms with Crippen molar-refractivity contribution < 1.29 is 52.9 Å². The molecule has 0 bridgehead atoms. The Kier molecular flexibility index (Phi) is 12.6. The second-order valence-electron chi connectivity index (χ2n) is 16.3. The van der Waals surface area contributed by atoms with Crippen molar-refractivity contribution in [3.63, 3.8) is 0 Å². The molecule has 0 aliphatic carbocycles. The molecule has 57 heavy (non-hydrogen) atoms. The second kappa shape index (κ2) is 16.7. The average Bonchev–Trinajstić information content (AvgIpc) is 3.65. The Morgan fingerprint density at radius 3 is 2.12 bits per heavy atom. The Labute approximate surface area is 335 Å². The first-order valence-electron chi connectivity index (χ1n) is 18.6. The van der Waals surface area contributed by atoms with Gasteiger partial charge in [0.2, 0.25) is 5.91 Å². The van der Waals surface area contributed by atoms with Gasteiger partial charge in [-0.05, 0) is 90.3 Å². The molecule has 2 fully saturated rings. The number of aliphatic hydroxyl groups excluding tert-OH is 1. The van der Waals surface area contributed by atoms with Gasteiger partial charge in [-0.2, -0.15) is 0 Å². The van der Waals surface area contributed by atoms with E-state index in [1.807, 2.05) is 6.92 Å². The third kappa shape index (κ3) is 9.70. The number of amides is 4. The maximum Gasteiger partial charge on any atom is 0.417 e. The van der Waals surface area contributed by atoms with E-state index in [9.17, 15) is 39.2 Å². The zero-order chi connectivity index (χ0) is 42.1. The molecule has 2 aromatic rings. The average molecular weight is 811 g/mol. The van der Waals surface area contributed by atoms with Crippen molar-refractivity contribution in [1.82, 2.24) is 14.7 Å². The van der Waals surface area contributed by atoms with E-state index in [-0.39, 0.29) is 37.5 Å². The third-order valence-corrected chi connectivity index (χ3v) is 11.2. The first kappa shape index (κ1) is 43.0. The van der Waals surface area contributed by atoms with Crippen LogP contribution in [-0.2, 0) is 41.7 Å². The molecule has 3 unspecified atom stereocenters. The molecule has 16 nitrogen and oxygen atoms in total. The summed E-state index contributed by atoms with van der Waals surface area (Å²) >= 11 is 1.23. The lowest BCUT2D eigenvalue weighted by atomic mass is 9.79. The number of non-ortho nitro benzene ring substituents is 1. The minimum Gasteiger partial charge on any atom is -0.497 e. The summed E-state index contributed by atoms with van der Waals surface area (Å²) in [7, 11) is 1.52. The van der Waals surface area contributed by atoms with Crippen LogP contribution < -0.4 is 4.74 Å². The van der Waals surface area contributed by atoms with E-state index in [2.05, 4.69) is 0 Å². The van der Waals surface area contributed by atoms with Crippen LogP contribution in [0.3, 0.4) is 0 Å². The number of hydrogen-bond acceptors (Lipinski definition) is 13. The van der Waals surface area contributed by atoms with Crippen molar-refractivity contribution in [3.05, 3.63) is 80.4 Å². The maximum absolute atomic E-state index is 14.6. The predicted molar refractivity (Wildman–Crippen MR) is 207 cm³/mol. The Hall–Kier alpha value is -5.16. The van der Waals surface area contributed by atoms with Gasteiger partial charge in [-0.25, -0.2) is 19.3 Å². The molecular formula is C40H50N4O12S. The van der Waals surface area contributed by atoms with E-state index in [0.717, 1.165) is 4.90 Å². The summed E-state index contributed by atoms with van der Waals surface area (Å²) in [6.45, 7) is 13.0. The molecule has 0 spiro atoms. The van der Waals surface area contributed by atoms with E-state index in [1.165, 1.54) is 59.9 Å². The molecule has 308 valence electrons. The number of carbonyl (C=O) groups is 5. The molecule has 17 heteroatoms. The number of fused-ring (bicyclic) bond motifs is 1. The Bertz CT molecular complexity index is 1920. The highest BCUT2D eigenvalue weighted by atomic mass is 32.2. The normalized spacial score (nSPS) is 22.4. The van der Waals surface area contributed by atoms with Gasteiger partial charge in [0.15, 0.2) is 0 Å². The van der Waals surface area contributed by atoms with Crippen LogP contribution in [0.5, 0.6) is 5.75 Å². The summed E-state index contributed by atoms with van der Waals surface area (Å²) in [6, 6.07) is 10.6. The third-order valence-electron chi connectivity index (χ3n) is 9.67. The number of hydrogen-bond donors (Lipinski definition) is 1. The van der Waals surface area contributed by atoms with Gasteiger partial charge in [0.25, 0.3) is 11.6 Å². The molecule has 1 N–H and O–H groups in total. The quantitative estimate of drug-likeness (QED) is 0.0943. The molecule has 3 aliphatic heterocycles. The summed E-state index contributed by atoms with van der Waals surface area (Å²) in [5.74, 6) is -2.58. The zero-order valence-corrected chi connectivity index (χ0v) is 34.4. The fourth-order valence-electron chi connectivity index (χ4n) is 7.06. The molecule has 3 heterocycles. The van der Waals surface area contributed by atoms with E-state index in [4.69, 9.17) is 18.9 Å². The van der Waals surface area contributed by atoms with Gasteiger partial charge in [0.1, 0.15) is 35.3 Å². The first-order valence-corrected chi connectivity index (χ1v) is 19.5. The maximum atomic E-state index is 14.6. The van der Waals surface area contributed by atoms with Crippen LogP contribution in [-0.4, -0.2) is 103 Å². The van der Waals surface area contributed by atoms with Crippen LogP contribution in [0.1, 0.15) is 72.9 Å². The van der Waals surface area contributed by atoms with Gasteiger partial charge in [-0.1, -0.05) is 19.1 Å². The molecule has 0 aromatic heterocycles. The molecule has 3 aliphatic rings. The molecular weight excluding hydrogens is 761 g/mol. The number of thioether (sulfide) groups is 1. The lowest BCUT2D eigenvalue weighted by Gasteiger charge is -2.46. The number of likely N-dealkylation sites (tertiary alicyclic amines) is 1. The standard InChI is InChI=1S/C40H50N4O12S/c1-22-31-30(23(2)45)35(47)43(31)32(36(48)54-21-25-10-14-26(15-11-25)44(51)52)33(22)57-28-18-29(41(20-28)37(49)55-39(3,4)5)34(46)42(38(50)56-40(6,7)8)19-24-12-16-27(53-9)17-13-24/h10-17,22-23,28-31,45H,18-21H2,1-9H3/t22?,23-,28+,29+,30?,31?/m1/s1. The number of methoxy groups -OCH3 is 1. The number of benzene rings is 2. The SMILES string of the molecule is COc1ccc(CN(C(=O)OC(C)(C)C)C(=O)[C@@H]2C[C@H](SC3=C(C(=O)OCc4ccc([N+](=O)[O-])cc4)N4C(=O)C([C@@H](C)O)C4C3C)CN2C(=O)OC(C)(C)C)cc1. The van der Waals surface area contributed by atoms with Gasteiger partial charge in [0.05, 0.1) is 36.6 Å². The number of carbonyl (C=O) groups excluding carboxylic acids is 5. The zero-order valence-electron chi connectivity index (χ0n) is 33.5. The Morgan fingerprint density at radius 1 is 0.982 bits per heavy atom. The molecule has 2 aromatic carbocycles. The largest absolute Gasteiger partial charge is 0.497 e. The highest BCUT2D eigenvalue weighted by molar-refractivity contribution is 8.03. The van der Waals surface area contributed by atoms with Crippen LogP contribution in [0.4, 0.5) is 15.3 Å². The van der Waals surface area contributed by atoms with Gasteiger partial charge >= 0.3 is 18.2 Å². The highest BCUT2D eigenvalue weighted by Crippen LogP contribution is 2.52. The van der Waals surface area contributed by atoms with Crippen LogP contribution in [0.2, 0.25) is 0 Å². The van der Waals surface area contributed by atoms with Crippen molar-refractivity contribution in [2.45, 2.75) is 110 Å². The molecule has 5 rings (SSSR count). The summed E-state index contributed by atoms with van der Waals surface area (Å²) in [6.07, 6.45) is -2.63. The first-order chi connectivity index (χ1) is 26.6. The van der Waals surface area contributed by atoms with Crippen molar-refractivity contribution in [3.8, 4) is 5.75 Å². The van der Waals surface area contributed by atoms with Crippen molar-refractivity contribution >= 4 is 47.4 Å². The monoisotopic (exact) mass is 810 g/mol. The van der Waals surface area contributed by atoms with Gasteiger partial charge in [-0.3, -0.25) is 24.6 Å². The van der Waals surface area contributed by atoms with Crippen LogP contribution in [0.15, 0.2) is 59.1 Å². The fourth-order valence-corrected chi connectivity index (χ4v) is 8.58. The minimum absolute atomic E-state index is 0.00482. The van der Waals surface area contributed by atoms with Crippen molar-refractivity contribution in [2.24, 2.45) is 11.8 Å². The second-order valence-corrected chi connectivity index (χ2v) is 17.7. The topological polar surface area (TPSA) is 195 Å². The lowest BCUT2D eigenvalue weighted by Crippen LogP contribution is -2.63. The number of imide groups is 1. The van der Waals surface area contributed by atoms with E-state index in [0.29, 0.717) is 21.8 Å². The molecule has 0 saturated carbocycles. The van der Waals surface area contributed by atoms with Gasteiger partial charge < -0.3 is 29.0 Å². The number of rotatable bonds is 11. The number of β-lactam (4-membered cyclic amide) rings is 1. The summed E-state index contributed by atoms with van der Waals surface area (Å²) in [5.41, 5.74) is -0.911. The van der Waals surface area contributed by atoms with E-state index < -0.39 is 81.4 Å². The van der Waals surface area contributed by atoms with Crippen LogP contribution >= 0.6 is 11.8 Å². The smallest absolute Gasteiger partial charge is 0.417 e. The van der Waals surface area contributed by atoms with E-state index in [1.54, 1.807) is 65.8 Å². The Morgan fingerprint density at radius 2 is 1.58 bits per heavy atom.